The number of non-ortho nitro benzene ring substituents is 1. The fourth-order valence-electron chi connectivity index (χ4n) is 3.02. The summed E-state index contributed by atoms with van der Waals surface area (Å²) in [5.74, 6) is -0.554. The Labute approximate surface area is 187 Å². The van der Waals surface area contributed by atoms with E-state index in [0.29, 0.717) is 17.3 Å². The van der Waals surface area contributed by atoms with E-state index in [4.69, 9.17) is 4.42 Å². The van der Waals surface area contributed by atoms with Crippen molar-refractivity contribution in [2.45, 2.75) is 6.92 Å². The summed E-state index contributed by atoms with van der Waals surface area (Å²) < 4.78 is 5.74. The highest BCUT2D eigenvalue weighted by Crippen LogP contribution is 2.24. The Balaban J connectivity index is 1.40. The molecule has 0 spiro atoms. The number of carbonyl (C=O) groups is 2. The van der Waals surface area contributed by atoms with E-state index in [0.717, 1.165) is 17.2 Å². The van der Waals surface area contributed by atoms with Crippen molar-refractivity contribution >= 4 is 17.5 Å². The van der Waals surface area contributed by atoms with Gasteiger partial charge in [0.1, 0.15) is 0 Å². The van der Waals surface area contributed by atoms with Gasteiger partial charge in [-0.1, -0.05) is 23.8 Å². The molecule has 10 nitrogen and oxygen atoms in total. The molecule has 164 valence electrons. The van der Waals surface area contributed by atoms with Gasteiger partial charge in [0.15, 0.2) is 0 Å². The molecule has 4 aromatic rings. The van der Waals surface area contributed by atoms with Gasteiger partial charge in [0.2, 0.25) is 11.8 Å². The van der Waals surface area contributed by atoms with Crippen LogP contribution in [0.25, 0.3) is 22.9 Å². The third kappa shape index (κ3) is 4.90. The molecular weight excluding hydrogens is 426 g/mol. The van der Waals surface area contributed by atoms with Gasteiger partial charge in [-0.15, -0.1) is 10.2 Å². The van der Waals surface area contributed by atoms with Gasteiger partial charge >= 0.3 is 0 Å². The van der Waals surface area contributed by atoms with Crippen molar-refractivity contribution in [3.63, 3.8) is 0 Å². The van der Waals surface area contributed by atoms with Crippen LogP contribution in [0.4, 0.5) is 5.69 Å². The van der Waals surface area contributed by atoms with E-state index in [2.05, 4.69) is 21.0 Å². The number of benzene rings is 3. The number of aryl methyl sites for hydroxylation is 1. The zero-order valence-corrected chi connectivity index (χ0v) is 17.3. The molecule has 0 radical (unpaired) electrons. The number of hydrazine groups is 1. The fraction of sp³-hybridized carbons (Fsp3) is 0.0435. The van der Waals surface area contributed by atoms with Crippen LogP contribution in [0.1, 0.15) is 26.3 Å². The molecule has 0 unspecified atom stereocenters. The maximum Gasteiger partial charge on any atom is 0.270 e. The lowest BCUT2D eigenvalue weighted by molar-refractivity contribution is -0.384. The van der Waals surface area contributed by atoms with Gasteiger partial charge < -0.3 is 4.42 Å². The van der Waals surface area contributed by atoms with Crippen LogP contribution < -0.4 is 10.9 Å². The Morgan fingerprint density at radius 1 is 0.818 bits per heavy atom. The number of nitrogens with zero attached hydrogens (tertiary/aromatic N) is 3. The third-order valence-electron chi connectivity index (χ3n) is 4.69. The van der Waals surface area contributed by atoms with Crippen LogP contribution in [-0.4, -0.2) is 26.9 Å². The van der Waals surface area contributed by atoms with Crippen molar-refractivity contribution in [3.05, 3.63) is 99.6 Å². The molecule has 1 aromatic heterocycles. The lowest BCUT2D eigenvalue weighted by atomic mass is 10.1. The summed E-state index contributed by atoms with van der Waals surface area (Å²) in [7, 11) is 0. The normalized spacial score (nSPS) is 10.5. The number of hydrogen-bond acceptors (Lipinski definition) is 7. The molecule has 3 aromatic carbocycles. The quantitative estimate of drug-likeness (QED) is 0.354. The Kier molecular flexibility index (Phi) is 5.90. The van der Waals surface area contributed by atoms with Crippen LogP contribution in [0.5, 0.6) is 0 Å². The molecule has 2 amide bonds. The number of aromatic nitrogens is 2. The highest BCUT2D eigenvalue weighted by Gasteiger charge is 2.14. The second-order valence-corrected chi connectivity index (χ2v) is 7.07. The zero-order valence-electron chi connectivity index (χ0n) is 17.3. The van der Waals surface area contributed by atoms with Crippen LogP contribution in [0.15, 0.2) is 77.2 Å². The van der Waals surface area contributed by atoms with E-state index in [-0.39, 0.29) is 16.8 Å². The molecular formula is C23H17N5O5. The van der Waals surface area contributed by atoms with Gasteiger partial charge in [-0.2, -0.15) is 0 Å². The first-order valence-corrected chi connectivity index (χ1v) is 9.77. The SMILES string of the molecule is Cc1cccc(-c2nnc(-c3ccc(C(=O)NNC(=O)c4cccc([N+](=O)[O-])c4)cc3)o2)c1. The van der Waals surface area contributed by atoms with Crippen LogP contribution in [-0.2, 0) is 0 Å². The lowest BCUT2D eigenvalue weighted by Gasteiger charge is -2.07. The molecule has 1 heterocycles. The molecule has 2 N–H and O–H groups in total. The minimum Gasteiger partial charge on any atom is -0.416 e. The molecule has 0 aliphatic heterocycles. The number of amides is 2. The zero-order chi connectivity index (χ0) is 23.4. The molecule has 0 fully saturated rings. The maximum absolute atomic E-state index is 12.3. The second kappa shape index (κ2) is 9.10. The van der Waals surface area contributed by atoms with Crippen molar-refractivity contribution in [2.75, 3.05) is 0 Å². The standard InChI is InChI=1S/C23H17N5O5/c1-14-4-2-6-18(12-14)23-27-26-22(33-23)16-10-8-15(9-11-16)20(29)24-25-21(30)17-5-3-7-19(13-17)28(31)32/h2-13H,1H3,(H,24,29)(H,25,30). The molecule has 0 atom stereocenters. The number of nitro benzene ring substituents is 1. The second-order valence-electron chi connectivity index (χ2n) is 7.07. The topological polar surface area (TPSA) is 140 Å². The van der Waals surface area contributed by atoms with E-state index >= 15 is 0 Å². The summed E-state index contributed by atoms with van der Waals surface area (Å²) in [6.07, 6.45) is 0. The Morgan fingerprint density at radius 2 is 1.45 bits per heavy atom. The van der Waals surface area contributed by atoms with Gasteiger partial charge in [-0.25, -0.2) is 0 Å². The molecule has 10 heteroatoms. The lowest BCUT2D eigenvalue weighted by Crippen LogP contribution is -2.41. The third-order valence-corrected chi connectivity index (χ3v) is 4.69. The Hall–Kier alpha value is -4.86. The molecule has 0 saturated heterocycles. The van der Waals surface area contributed by atoms with Gasteiger partial charge in [-0.3, -0.25) is 30.6 Å². The molecule has 4 rings (SSSR count). The summed E-state index contributed by atoms with van der Waals surface area (Å²) in [6.45, 7) is 1.97. The number of nitrogens with one attached hydrogen (secondary N) is 2. The van der Waals surface area contributed by atoms with Crippen molar-refractivity contribution in [3.8, 4) is 22.9 Å². The molecule has 33 heavy (non-hydrogen) atoms. The van der Waals surface area contributed by atoms with Gasteiger partial charge in [0, 0.05) is 34.4 Å². The average Bonchev–Trinajstić information content (AvgIpc) is 3.33. The minimum absolute atomic E-state index is 0.0423. The van der Waals surface area contributed by atoms with E-state index in [1.807, 2.05) is 31.2 Å². The average molecular weight is 443 g/mol. The first-order valence-electron chi connectivity index (χ1n) is 9.77. The summed E-state index contributed by atoms with van der Waals surface area (Å²) in [5, 5.41) is 19.0. The fourth-order valence-corrected chi connectivity index (χ4v) is 3.02. The van der Waals surface area contributed by atoms with Crippen LogP contribution in [0, 0.1) is 17.0 Å². The summed E-state index contributed by atoms with van der Waals surface area (Å²) in [4.78, 5) is 34.7. The minimum atomic E-state index is -0.682. The molecule has 0 aliphatic rings. The van der Waals surface area contributed by atoms with E-state index in [9.17, 15) is 19.7 Å². The van der Waals surface area contributed by atoms with Gasteiger partial charge in [-0.05, 0) is 49.4 Å². The molecule has 0 aliphatic carbocycles. The predicted octanol–water partition coefficient (Wildman–Crippen LogP) is 3.70. The number of hydrogen-bond donors (Lipinski definition) is 2. The summed E-state index contributed by atoms with van der Waals surface area (Å²) in [5.41, 5.74) is 7.10. The van der Waals surface area contributed by atoms with Gasteiger partial charge in [0.05, 0.1) is 4.92 Å². The highest BCUT2D eigenvalue weighted by molar-refractivity contribution is 5.99. The van der Waals surface area contributed by atoms with Gasteiger partial charge in [0.25, 0.3) is 17.5 Å². The molecule has 0 bridgehead atoms. The van der Waals surface area contributed by atoms with E-state index in [1.165, 1.54) is 18.2 Å². The Morgan fingerprint density at radius 3 is 2.12 bits per heavy atom. The van der Waals surface area contributed by atoms with Crippen molar-refractivity contribution in [2.24, 2.45) is 0 Å². The number of nitro groups is 1. The van der Waals surface area contributed by atoms with Crippen LogP contribution in [0.3, 0.4) is 0 Å². The summed E-state index contributed by atoms with van der Waals surface area (Å²) >= 11 is 0. The van der Waals surface area contributed by atoms with Crippen molar-refractivity contribution < 1.29 is 18.9 Å². The summed E-state index contributed by atoms with van der Waals surface area (Å²) in [6, 6.07) is 19.2. The Bertz CT molecular complexity index is 1350. The monoisotopic (exact) mass is 443 g/mol. The van der Waals surface area contributed by atoms with Crippen LogP contribution >= 0.6 is 0 Å². The number of rotatable bonds is 5. The largest absolute Gasteiger partial charge is 0.416 e. The van der Waals surface area contributed by atoms with Crippen LogP contribution in [0.2, 0.25) is 0 Å². The van der Waals surface area contributed by atoms with E-state index in [1.54, 1.807) is 24.3 Å². The number of carbonyl (C=O) groups excluding carboxylic acids is 2. The van der Waals surface area contributed by atoms with Crippen molar-refractivity contribution in [1.29, 1.82) is 0 Å². The maximum atomic E-state index is 12.3. The molecule has 0 saturated carbocycles. The first kappa shape index (κ1) is 21.4. The first-order chi connectivity index (χ1) is 15.9. The van der Waals surface area contributed by atoms with E-state index < -0.39 is 16.7 Å². The highest BCUT2D eigenvalue weighted by atomic mass is 16.6. The predicted molar refractivity (Wildman–Crippen MR) is 118 cm³/mol. The van der Waals surface area contributed by atoms with Crippen molar-refractivity contribution in [1.82, 2.24) is 21.0 Å². The smallest absolute Gasteiger partial charge is 0.270 e.